The zero-order chi connectivity index (χ0) is 28.0. The highest BCUT2D eigenvalue weighted by Gasteiger charge is 2.28. The molecule has 2 heterocycles. The standard InChI is InChI=1S/C38H24N2OP/c41-42(35-18-10-9-16-29(35)25-11-3-1-4-12-25)28-19-20-31-34(23-28)40-38(26-13-5-2-6-14-26)32-21-22-33-37(36(31)32)30-17-8-7-15-27(30)24-39-33/h1-24H/q+1. The number of nitrogens with zero attached hydrogens (tertiary/aromatic N) is 2. The summed E-state index contributed by atoms with van der Waals surface area (Å²) < 4.78 is 14.2. The van der Waals surface area contributed by atoms with Crippen LogP contribution < -0.4 is 10.6 Å². The molecule has 0 N–H and O–H groups in total. The van der Waals surface area contributed by atoms with Gasteiger partial charge in [0.15, 0.2) is 5.30 Å². The first-order valence-corrected chi connectivity index (χ1v) is 15.2. The summed E-state index contributed by atoms with van der Waals surface area (Å²) in [7, 11) is -1.86. The fraction of sp³-hybridized carbons (Fsp3) is 0. The topological polar surface area (TPSA) is 42.9 Å². The van der Waals surface area contributed by atoms with Crippen LogP contribution in [0.3, 0.4) is 0 Å². The summed E-state index contributed by atoms with van der Waals surface area (Å²) in [5.74, 6) is 0. The van der Waals surface area contributed by atoms with E-state index in [4.69, 9.17) is 9.97 Å². The first-order valence-electron chi connectivity index (χ1n) is 14.0. The van der Waals surface area contributed by atoms with Crippen LogP contribution >= 0.6 is 7.80 Å². The van der Waals surface area contributed by atoms with Gasteiger partial charge in [0.1, 0.15) is 0 Å². The molecule has 42 heavy (non-hydrogen) atoms. The van der Waals surface area contributed by atoms with Gasteiger partial charge in [-0.3, -0.25) is 4.98 Å². The Kier molecular flexibility index (Phi) is 5.84. The van der Waals surface area contributed by atoms with Crippen LogP contribution in [0, 0.1) is 0 Å². The smallest absolute Gasteiger partial charge is 0.256 e. The third kappa shape index (κ3) is 3.98. The monoisotopic (exact) mass is 555 g/mol. The number of hydrogen-bond donors (Lipinski definition) is 0. The highest BCUT2D eigenvalue weighted by Crippen LogP contribution is 2.39. The predicted molar refractivity (Wildman–Crippen MR) is 176 cm³/mol. The SMILES string of the molecule is O=[P+](c1ccc2c(c1)nc(-c1ccccc1)c1ccc3ncc4ccccc4c3c12)c1ccccc1-c1ccccc1. The van der Waals surface area contributed by atoms with Crippen molar-refractivity contribution in [2.24, 2.45) is 0 Å². The zero-order valence-electron chi connectivity index (χ0n) is 22.6. The fourth-order valence-corrected chi connectivity index (χ4v) is 7.40. The highest BCUT2D eigenvalue weighted by atomic mass is 31.1. The van der Waals surface area contributed by atoms with Gasteiger partial charge in [-0.05, 0) is 47.3 Å². The first kappa shape index (κ1) is 24.5. The van der Waals surface area contributed by atoms with Crippen molar-refractivity contribution in [1.29, 1.82) is 0 Å². The predicted octanol–water partition coefficient (Wildman–Crippen LogP) is 9.20. The largest absolute Gasteiger partial charge is 0.416 e. The van der Waals surface area contributed by atoms with Crippen LogP contribution in [0.4, 0.5) is 0 Å². The molecule has 4 heteroatoms. The average Bonchev–Trinajstić information content (AvgIpc) is 3.07. The van der Waals surface area contributed by atoms with Gasteiger partial charge in [-0.2, -0.15) is 0 Å². The molecule has 0 spiro atoms. The number of pyridine rings is 2. The summed E-state index contributed by atoms with van der Waals surface area (Å²) in [5.41, 5.74) is 5.75. The van der Waals surface area contributed by atoms with Gasteiger partial charge in [-0.1, -0.05) is 102 Å². The van der Waals surface area contributed by atoms with Crippen LogP contribution in [-0.4, -0.2) is 9.97 Å². The van der Waals surface area contributed by atoms with Crippen LogP contribution in [0.25, 0.3) is 65.7 Å². The molecule has 196 valence electrons. The van der Waals surface area contributed by atoms with Crippen LogP contribution in [0.1, 0.15) is 0 Å². The van der Waals surface area contributed by atoms with E-state index >= 15 is 0 Å². The number of benzene rings is 6. The van der Waals surface area contributed by atoms with E-state index in [0.717, 1.165) is 76.3 Å². The second-order valence-corrected chi connectivity index (χ2v) is 12.0. The van der Waals surface area contributed by atoms with Crippen molar-refractivity contribution < 1.29 is 4.57 Å². The Hall–Kier alpha value is -5.24. The summed E-state index contributed by atoms with van der Waals surface area (Å²) in [6.07, 6.45) is 1.94. The number of aromatic nitrogens is 2. The van der Waals surface area contributed by atoms with E-state index in [-0.39, 0.29) is 0 Å². The normalized spacial score (nSPS) is 11.9. The molecule has 0 radical (unpaired) electrons. The average molecular weight is 556 g/mol. The summed E-state index contributed by atoms with van der Waals surface area (Å²) >= 11 is 0. The van der Waals surface area contributed by atoms with E-state index in [0.29, 0.717) is 0 Å². The Morgan fingerprint density at radius 2 is 1.21 bits per heavy atom. The maximum atomic E-state index is 14.2. The molecule has 8 aromatic rings. The van der Waals surface area contributed by atoms with E-state index in [1.54, 1.807) is 0 Å². The van der Waals surface area contributed by atoms with Crippen LogP contribution in [0.2, 0.25) is 0 Å². The molecule has 8 rings (SSSR count). The van der Waals surface area contributed by atoms with E-state index in [1.807, 2.05) is 85.1 Å². The highest BCUT2D eigenvalue weighted by molar-refractivity contribution is 7.61. The fourth-order valence-electron chi connectivity index (χ4n) is 6.02. The minimum Gasteiger partial charge on any atom is -0.256 e. The lowest BCUT2D eigenvalue weighted by atomic mass is 9.94. The minimum atomic E-state index is -1.86. The molecule has 0 fully saturated rings. The van der Waals surface area contributed by atoms with Crippen molar-refractivity contribution in [3.8, 4) is 22.4 Å². The van der Waals surface area contributed by atoms with Crippen LogP contribution in [-0.2, 0) is 4.57 Å². The third-order valence-corrected chi connectivity index (χ3v) is 9.56. The van der Waals surface area contributed by atoms with Gasteiger partial charge in [0, 0.05) is 50.3 Å². The molecule has 0 aliphatic carbocycles. The molecular weight excluding hydrogens is 531 g/mol. The molecule has 1 atom stereocenters. The van der Waals surface area contributed by atoms with Crippen molar-refractivity contribution in [3.63, 3.8) is 0 Å². The van der Waals surface area contributed by atoms with Crippen LogP contribution in [0.15, 0.2) is 146 Å². The van der Waals surface area contributed by atoms with E-state index in [2.05, 4.69) is 60.7 Å². The minimum absolute atomic E-state index is 0.759. The lowest BCUT2D eigenvalue weighted by Crippen LogP contribution is -2.09. The van der Waals surface area contributed by atoms with Crippen molar-refractivity contribution >= 4 is 61.8 Å². The Balaban J connectivity index is 1.42. The van der Waals surface area contributed by atoms with E-state index in [1.165, 1.54) is 0 Å². The van der Waals surface area contributed by atoms with Gasteiger partial charge in [-0.15, -0.1) is 0 Å². The molecule has 0 saturated heterocycles. The maximum Gasteiger partial charge on any atom is 0.416 e. The first-order chi connectivity index (χ1) is 20.8. The molecule has 2 aromatic heterocycles. The second-order valence-electron chi connectivity index (χ2n) is 10.4. The molecule has 6 aromatic carbocycles. The number of hydrogen-bond acceptors (Lipinski definition) is 3. The van der Waals surface area contributed by atoms with Crippen molar-refractivity contribution in [1.82, 2.24) is 9.97 Å². The number of fused-ring (bicyclic) bond motifs is 7. The van der Waals surface area contributed by atoms with Gasteiger partial charge in [0.25, 0.3) is 0 Å². The van der Waals surface area contributed by atoms with E-state index in [9.17, 15) is 4.57 Å². The van der Waals surface area contributed by atoms with E-state index < -0.39 is 7.80 Å². The zero-order valence-corrected chi connectivity index (χ0v) is 23.5. The third-order valence-electron chi connectivity index (χ3n) is 7.98. The van der Waals surface area contributed by atoms with Crippen molar-refractivity contribution in [2.75, 3.05) is 0 Å². The molecule has 3 nitrogen and oxygen atoms in total. The molecule has 0 bridgehead atoms. The van der Waals surface area contributed by atoms with Gasteiger partial charge in [-0.25, -0.2) is 4.98 Å². The Labute approximate surface area is 243 Å². The quantitative estimate of drug-likeness (QED) is 0.161. The van der Waals surface area contributed by atoms with Crippen molar-refractivity contribution in [3.05, 3.63) is 146 Å². The molecule has 0 amide bonds. The molecule has 0 aliphatic heterocycles. The van der Waals surface area contributed by atoms with Gasteiger partial charge in [0.2, 0.25) is 5.30 Å². The lowest BCUT2D eigenvalue weighted by Gasteiger charge is -2.14. The molecule has 0 aliphatic rings. The molecule has 1 unspecified atom stereocenters. The summed E-state index contributed by atoms with van der Waals surface area (Å²) in [6.45, 7) is 0. The number of rotatable bonds is 4. The van der Waals surface area contributed by atoms with Gasteiger partial charge in [0.05, 0.1) is 16.7 Å². The van der Waals surface area contributed by atoms with Gasteiger partial charge < -0.3 is 0 Å². The van der Waals surface area contributed by atoms with Crippen molar-refractivity contribution in [2.45, 2.75) is 0 Å². The lowest BCUT2D eigenvalue weighted by molar-refractivity contribution is 0.598. The summed E-state index contributed by atoms with van der Waals surface area (Å²) in [6, 6.07) is 47.1. The Morgan fingerprint density at radius 3 is 2.05 bits per heavy atom. The van der Waals surface area contributed by atoms with Gasteiger partial charge >= 0.3 is 7.80 Å². The Morgan fingerprint density at radius 1 is 0.524 bits per heavy atom. The second kappa shape index (κ2) is 9.99. The summed E-state index contributed by atoms with van der Waals surface area (Å²) in [5, 5.41) is 8.17. The van der Waals surface area contributed by atoms with Crippen LogP contribution in [0.5, 0.6) is 0 Å². The molecule has 0 saturated carbocycles. The maximum absolute atomic E-state index is 14.2. The summed E-state index contributed by atoms with van der Waals surface area (Å²) in [4.78, 5) is 10.1. The Bertz CT molecular complexity index is 2320. The molecular formula is C38H24N2OP+.